The zero-order valence-electron chi connectivity index (χ0n) is 10.7. The van der Waals surface area contributed by atoms with E-state index in [1.807, 2.05) is 6.92 Å². The topological polar surface area (TPSA) is 17.1 Å². The molecule has 0 aromatic heterocycles. The van der Waals surface area contributed by atoms with E-state index in [-0.39, 0.29) is 9.86 Å². The van der Waals surface area contributed by atoms with Crippen molar-refractivity contribution in [1.82, 2.24) is 0 Å². The Labute approximate surface area is 104 Å². The first kappa shape index (κ1) is 13.8. The lowest BCUT2D eigenvalue weighted by atomic mass is 9.98. The molecule has 0 bridgehead atoms. The van der Waals surface area contributed by atoms with Gasteiger partial charge in [-0.15, -0.1) is 0 Å². The lowest BCUT2D eigenvalue weighted by Crippen LogP contribution is -2.22. The molecular weight excluding hydrogens is 216 g/mol. The fourth-order valence-corrected chi connectivity index (χ4v) is 3.36. The van der Waals surface area contributed by atoms with Crippen molar-refractivity contribution >= 4 is 16.9 Å². The number of carbonyl (C=O) groups is 1. The molecule has 1 saturated carbocycles. The van der Waals surface area contributed by atoms with Crippen molar-refractivity contribution in [2.45, 2.75) is 70.0 Å². The van der Waals surface area contributed by atoms with E-state index in [0.717, 1.165) is 0 Å². The molecule has 0 atom stereocenters. The lowest BCUT2D eigenvalue weighted by Gasteiger charge is -2.27. The summed E-state index contributed by atoms with van der Waals surface area (Å²) in [7, 11) is 0. The van der Waals surface area contributed by atoms with E-state index in [1.54, 1.807) is 0 Å². The quantitative estimate of drug-likeness (QED) is 0.650. The largest absolute Gasteiger partial charge is 0.282 e. The van der Waals surface area contributed by atoms with Crippen LogP contribution in [-0.2, 0) is 4.79 Å². The van der Waals surface area contributed by atoms with E-state index < -0.39 is 0 Å². The van der Waals surface area contributed by atoms with E-state index in [0.29, 0.717) is 5.57 Å². The van der Waals surface area contributed by atoms with E-state index >= 15 is 0 Å². The Morgan fingerprint density at radius 3 is 1.94 bits per heavy atom. The first-order valence-corrected chi connectivity index (χ1v) is 7.24. The Kier molecular flexibility index (Phi) is 5.60. The molecular formula is C14H24OS. The third kappa shape index (κ3) is 4.73. The van der Waals surface area contributed by atoms with Crippen LogP contribution in [-0.4, -0.2) is 9.86 Å². The molecule has 0 saturated heterocycles. The van der Waals surface area contributed by atoms with E-state index in [4.69, 9.17) is 0 Å². The second kappa shape index (κ2) is 6.48. The summed E-state index contributed by atoms with van der Waals surface area (Å²) in [4.78, 5) is 11.8. The van der Waals surface area contributed by atoms with Crippen LogP contribution >= 0.6 is 11.8 Å². The van der Waals surface area contributed by atoms with Crippen LogP contribution in [0.5, 0.6) is 0 Å². The molecule has 92 valence electrons. The van der Waals surface area contributed by atoms with Gasteiger partial charge in [0.15, 0.2) is 0 Å². The van der Waals surface area contributed by atoms with Gasteiger partial charge in [0.25, 0.3) is 0 Å². The van der Waals surface area contributed by atoms with Gasteiger partial charge in [-0.3, -0.25) is 4.79 Å². The zero-order chi connectivity index (χ0) is 12.0. The van der Waals surface area contributed by atoms with Gasteiger partial charge in [-0.05, 0) is 32.3 Å². The molecule has 0 heterocycles. The maximum absolute atomic E-state index is 11.8. The van der Waals surface area contributed by atoms with Crippen molar-refractivity contribution in [2.75, 3.05) is 0 Å². The molecule has 16 heavy (non-hydrogen) atoms. The Morgan fingerprint density at radius 2 is 1.50 bits per heavy atom. The number of rotatable bonds is 2. The molecule has 0 amide bonds. The monoisotopic (exact) mass is 240 g/mol. The van der Waals surface area contributed by atoms with Crippen LogP contribution in [0.15, 0.2) is 12.2 Å². The van der Waals surface area contributed by atoms with Gasteiger partial charge >= 0.3 is 0 Å². The van der Waals surface area contributed by atoms with Crippen molar-refractivity contribution in [3.8, 4) is 0 Å². The zero-order valence-corrected chi connectivity index (χ0v) is 11.5. The second-order valence-electron chi connectivity index (χ2n) is 5.24. The van der Waals surface area contributed by atoms with Crippen LogP contribution < -0.4 is 0 Å². The molecule has 1 fully saturated rings. The van der Waals surface area contributed by atoms with E-state index in [1.165, 1.54) is 63.1 Å². The molecule has 1 rings (SSSR count). The Hall–Kier alpha value is -0.240. The standard InChI is InChI=1S/C14H24OS/c1-12(2)13(15)16-14(3)10-8-6-4-5-7-9-11-14/h1,4-11H2,2-3H3. The van der Waals surface area contributed by atoms with Crippen LogP contribution in [0.1, 0.15) is 65.2 Å². The highest BCUT2D eigenvalue weighted by atomic mass is 32.2. The normalized spacial score (nSPS) is 21.6. The predicted octanol–water partition coefficient (Wildman–Crippen LogP) is 4.72. The van der Waals surface area contributed by atoms with E-state index in [2.05, 4.69) is 13.5 Å². The molecule has 0 aliphatic heterocycles. The first-order valence-electron chi connectivity index (χ1n) is 6.42. The van der Waals surface area contributed by atoms with E-state index in [9.17, 15) is 4.79 Å². The average molecular weight is 240 g/mol. The lowest BCUT2D eigenvalue weighted by molar-refractivity contribution is -0.107. The predicted molar refractivity (Wildman–Crippen MR) is 72.8 cm³/mol. The number of hydrogen-bond acceptors (Lipinski definition) is 2. The summed E-state index contributed by atoms with van der Waals surface area (Å²) in [5.41, 5.74) is 0.686. The Bertz CT molecular complexity index is 247. The molecule has 0 aromatic rings. The third-order valence-electron chi connectivity index (χ3n) is 3.35. The summed E-state index contributed by atoms with van der Waals surface area (Å²) in [5.74, 6) is 0. The molecule has 0 unspecified atom stereocenters. The maximum atomic E-state index is 11.8. The van der Waals surface area contributed by atoms with Gasteiger partial charge in [0.1, 0.15) is 0 Å². The summed E-state index contributed by atoms with van der Waals surface area (Å²) < 4.78 is 0.153. The van der Waals surface area contributed by atoms with Crippen LogP contribution in [0.3, 0.4) is 0 Å². The average Bonchev–Trinajstić information content (AvgIpc) is 2.30. The van der Waals surface area contributed by atoms with Gasteiger partial charge in [0, 0.05) is 4.75 Å². The molecule has 2 heteroatoms. The maximum Gasteiger partial charge on any atom is 0.214 e. The second-order valence-corrected chi connectivity index (χ2v) is 6.80. The summed E-state index contributed by atoms with van der Waals surface area (Å²) in [6, 6.07) is 0. The molecule has 0 radical (unpaired) electrons. The van der Waals surface area contributed by atoms with Crippen LogP contribution in [0, 0.1) is 0 Å². The number of thioether (sulfide) groups is 1. The fourth-order valence-electron chi connectivity index (χ4n) is 2.24. The van der Waals surface area contributed by atoms with Crippen LogP contribution in [0.25, 0.3) is 0 Å². The van der Waals surface area contributed by atoms with Crippen molar-refractivity contribution in [2.24, 2.45) is 0 Å². The smallest absolute Gasteiger partial charge is 0.214 e. The van der Waals surface area contributed by atoms with Gasteiger partial charge in [-0.2, -0.15) is 0 Å². The Morgan fingerprint density at radius 1 is 1.06 bits per heavy atom. The molecule has 1 aliphatic rings. The summed E-state index contributed by atoms with van der Waals surface area (Å²) >= 11 is 1.52. The molecule has 1 aliphatic carbocycles. The van der Waals surface area contributed by atoms with Gasteiger partial charge in [-0.25, -0.2) is 0 Å². The highest BCUT2D eigenvalue weighted by Gasteiger charge is 2.28. The van der Waals surface area contributed by atoms with Gasteiger partial charge in [0.2, 0.25) is 5.12 Å². The highest BCUT2D eigenvalue weighted by Crippen LogP contribution is 2.38. The minimum atomic E-state index is 0.153. The number of hydrogen-bond donors (Lipinski definition) is 0. The first-order chi connectivity index (χ1) is 7.53. The van der Waals surface area contributed by atoms with Crippen LogP contribution in [0.4, 0.5) is 0 Å². The van der Waals surface area contributed by atoms with Crippen molar-refractivity contribution in [3.05, 3.63) is 12.2 Å². The van der Waals surface area contributed by atoms with Gasteiger partial charge < -0.3 is 0 Å². The minimum absolute atomic E-state index is 0.153. The van der Waals surface area contributed by atoms with Crippen molar-refractivity contribution in [1.29, 1.82) is 0 Å². The molecule has 0 aromatic carbocycles. The molecule has 1 nitrogen and oxygen atoms in total. The minimum Gasteiger partial charge on any atom is -0.282 e. The van der Waals surface area contributed by atoms with Crippen molar-refractivity contribution < 1.29 is 4.79 Å². The third-order valence-corrected chi connectivity index (χ3v) is 4.78. The van der Waals surface area contributed by atoms with Crippen LogP contribution in [0.2, 0.25) is 0 Å². The fraction of sp³-hybridized carbons (Fsp3) is 0.786. The molecule has 0 spiro atoms. The number of carbonyl (C=O) groups excluding carboxylic acids is 1. The van der Waals surface area contributed by atoms with Gasteiger partial charge in [-0.1, -0.05) is 56.9 Å². The highest BCUT2D eigenvalue weighted by molar-refractivity contribution is 8.15. The van der Waals surface area contributed by atoms with Crippen molar-refractivity contribution in [3.63, 3.8) is 0 Å². The SMILES string of the molecule is C=C(C)C(=O)SC1(C)CCCCCCCC1. The summed E-state index contributed by atoms with van der Waals surface area (Å²) in [6.45, 7) is 7.81. The molecule has 0 N–H and O–H groups in total. The summed E-state index contributed by atoms with van der Waals surface area (Å²) in [6.07, 6.45) is 10.3. The van der Waals surface area contributed by atoms with Gasteiger partial charge in [0.05, 0.1) is 0 Å². The Balaban J connectivity index is 2.56. The summed E-state index contributed by atoms with van der Waals surface area (Å²) in [5, 5.41) is 0.182.